The van der Waals surface area contributed by atoms with Crippen LogP contribution in [-0.4, -0.2) is 28.9 Å². The molecule has 2 bridgehead atoms. The molecule has 1 aromatic rings. The number of Topliss-reactive ketones (excluding diaryl/α,β-unsaturated/α-hetero) is 1. The van der Waals surface area contributed by atoms with Gasteiger partial charge in [0.1, 0.15) is 11.5 Å². The van der Waals surface area contributed by atoms with E-state index < -0.39 is 0 Å². The van der Waals surface area contributed by atoms with Crippen molar-refractivity contribution in [1.82, 2.24) is 4.98 Å². The van der Waals surface area contributed by atoms with E-state index in [4.69, 9.17) is 9.15 Å². The number of amides is 1. The van der Waals surface area contributed by atoms with Crippen LogP contribution < -0.4 is 5.32 Å². The molecular formula is C16H18N2O4. The number of anilines is 1. The summed E-state index contributed by atoms with van der Waals surface area (Å²) in [6.07, 6.45) is 5.37. The summed E-state index contributed by atoms with van der Waals surface area (Å²) in [7, 11) is 0. The van der Waals surface area contributed by atoms with Gasteiger partial charge in [-0.05, 0) is 37.5 Å². The van der Waals surface area contributed by atoms with Gasteiger partial charge in [0.15, 0.2) is 5.78 Å². The lowest BCUT2D eigenvalue weighted by Gasteiger charge is -2.16. The molecule has 3 heterocycles. The molecule has 22 heavy (non-hydrogen) atoms. The van der Waals surface area contributed by atoms with E-state index in [-0.39, 0.29) is 35.8 Å². The number of fused-ring (bicyclic) bond motifs is 6. The number of ketones is 1. The monoisotopic (exact) mass is 302 g/mol. The quantitative estimate of drug-likeness (QED) is 0.844. The fraction of sp³-hybridized carbons (Fsp3) is 0.688. The standard InChI is InChI=1S/C16H18N2O4/c19-10-3-1-2-4-11-13(10)17-16(22-11)18-15(20)9-6-12-7-5-8(7)14(9)21-12/h7-9,12,14H,1-6H2,(H,17,18,20)/t7-,8+,9-,12+,14+/m1/s1. The Hall–Kier alpha value is -1.69. The van der Waals surface area contributed by atoms with Crippen LogP contribution in [0.25, 0.3) is 0 Å². The molecule has 0 aromatic carbocycles. The van der Waals surface area contributed by atoms with E-state index >= 15 is 0 Å². The lowest BCUT2D eigenvalue weighted by atomic mass is 9.88. The minimum atomic E-state index is -0.101. The van der Waals surface area contributed by atoms with Crippen molar-refractivity contribution < 1.29 is 18.7 Å². The zero-order valence-electron chi connectivity index (χ0n) is 12.2. The number of carbonyl (C=O) groups excluding carboxylic acids is 2. The van der Waals surface area contributed by atoms with Crippen molar-refractivity contribution in [3.05, 3.63) is 11.5 Å². The van der Waals surface area contributed by atoms with Crippen molar-refractivity contribution in [2.24, 2.45) is 17.8 Å². The van der Waals surface area contributed by atoms with Crippen molar-refractivity contribution in [2.45, 2.75) is 50.7 Å². The second-order valence-corrected chi connectivity index (χ2v) is 6.96. The number of hydrogen-bond donors (Lipinski definition) is 1. The normalized spacial score (nSPS) is 38.4. The van der Waals surface area contributed by atoms with Gasteiger partial charge in [-0.25, -0.2) is 0 Å². The van der Waals surface area contributed by atoms with E-state index in [0.717, 1.165) is 19.3 Å². The second kappa shape index (κ2) is 4.41. The molecule has 5 rings (SSSR count). The molecule has 0 radical (unpaired) electrons. The minimum absolute atomic E-state index is 0.0147. The molecule has 2 aliphatic heterocycles. The van der Waals surface area contributed by atoms with Gasteiger partial charge in [0, 0.05) is 12.8 Å². The van der Waals surface area contributed by atoms with Crippen molar-refractivity contribution in [3.63, 3.8) is 0 Å². The molecule has 3 fully saturated rings. The first kappa shape index (κ1) is 12.8. The van der Waals surface area contributed by atoms with Crippen LogP contribution in [0.3, 0.4) is 0 Å². The molecule has 1 N–H and O–H groups in total. The number of carbonyl (C=O) groups is 2. The summed E-state index contributed by atoms with van der Waals surface area (Å²) in [6.45, 7) is 0. The third kappa shape index (κ3) is 1.79. The Morgan fingerprint density at radius 2 is 2.05 bits per heavy atom. The highest BCUT2D eigenvalue weighted by atomic mass is 16.5. The predicted octanol–water partition coefficient (Wildman–Crippen LogP) is 1.95. The van der Waals surface area contributed by atoms with Crippen LogP contribution in [0.5, 0.6) is 0 Å². The molecule has 5 atom stereocenters. The maximum atomic E-state index is 12.5. The van der Waals surface area contributed by atoms with E-state index in [1.54, 1.807) is 0 Å². The van der Waals surface area contributed by atoms with Crippen molar-refractivity contribution >= 4 is 17.7 Å². The SMILES string of the molecule is O=C1CCCCc2oc(NC(=O)[C@@H]3C[C@@H]4O[C@H]3[C@H]3C[C@H]34)nc21. The third-order valence-corrected chi connectivity index (χ3v) is 5.59. The Morgan fingerprint density at radius 3 is 2.86 bits per heavy atom. The zero-order valence-corrected chi connectivity index (χ0v) is 12.2. The lowest BCUT2D eigenvalue weighted by molar-refractivity contribution is -0.121. The number of hydrogen-bond acceptors (Lipinski definition) is 5. The summed E-state index contributed by atoms with van der Waals surface area (Å²) >= 11 is 0. The van der Waals surface area contributed by atoms with Gasteiger partial charge < -0.3 is 9.15 Å². The number of nitrogens with zero attached hydrogens (tertiary/aromatic N) is 1. The smallest absolute Gasteiger partial charge is 0.302 e. The zero-order chi connectivity index (χ0) is 14.8. The lowest BCUT2D eigenvalue weighted by Crippen LogP contribution is -2.32. The van der Waals surface area contributed by atoms with Crippen molar-refractivity contribution in [2.75, 3.05) is 5.32 Å². The number of aromatic nitrogens is 1. The second-order valence-electron chi connectivity index (χ2n) is 6.96. The summed E-state index contributed by atoms with van der Waals surface area (Å²) in [5.74, 6) is 1.73. The van der Waals surface area contributed by atoms with Crippen molar-refractivity contribution in [3.8, 4) is 0 Å². The molecule has 116 valence electrons. The minimum Gasteiger partial charge on any atom is -0.428 e. The molecule has 0 unspecified atom stereocenters. The van der Waals surface area contributed by atoms with E-state index in [1.807, 2.05) is 0 Å². The summed E-state index contributed by atoms with van der Waals surface area (Å²) < 4.78 is 11.5. The van der Waals surface area contributed by atoms with Gasteiger partial charge in [-0.15, -0.1) is 0 Å². The average Bonchev–Trinajstić information content (AvgIpc) is 2.96. The fourth-order valence-corrected chi connectivity index (χ4v) is 4.39. The maximum Gasteiger partial charge on any atom is 0.302 e. The number of oxazole rings is 1. The van der Waals surface area contributed by atoms with Gasteiger partial charge >= 0.3 is 6.01 Å². The molecular weight excluding hydrogens is 284 g/mol. The molecule has 6 heteroatoms. The third-order valence-electron chi connectivity index (χ3n) is 5.59. The van der Waals surface area contributed by atoms with Gasteiger partial charge in [0.2, 0.25) is 5.91 Å². The summed E-state index contributed by atoms with van der Waals surface area (Å²) in [4.78, 5) is 28.6. The van der Waals surface area contributed by atoms with Crippen LogP contribution in [0.4, 0.5) is 6.01 Å². The van der Waals surface area contributed by atoms with Gasteiger partial charge in [-0.1, -0.05) is 0 Å². The van der Waals surface area contributed by atoms with Gasteiger partial charge in [-0.2, -0.15) is 4.98 Å². The van der Waals surface area contributed by atoms with Gasteiger partial charge in [-0.3, -0.25) is 14.9 Å². The Bertz CT molecular complexity index is 667. The summed E-state index contributed by atoms with van der Waals surface area (Å²) in [5, 5.41) is 2.76. The van der Waals surface area contributed by atoms with E-state index in [9.17, 15) is 9.59 Å². The van der Waals surface area contributed by atoms with E-state index in [1.165, 1.54) is 6.42 Å². The van der Waals surface area contributed by atoms with Crippen LogP contribution in [0.15, 0.2) is 4.42 Å². The average molecular weight is 302 g/mol. The first-order chi connectivity index (χ1) is 10.7. The van der Waals surface area contributed by atoms with Crippen LogP contribution in [-0.2, 0) is 16.0 Å². The first-order valence-electron chi connectivity index (χ1n) is 8.20. The molecule has 0 spiro atoms. The highest BCUT2D eigenvalue weighted by molar-refractivity contribution is 5.97. The maximum absolute atomic E-state index is 12.5. The van der Waals surface area contributed by atoms with Crippen LogP contribution in [0.2, 0.25) is 0 Å². The van der Waals surface area contributed by atoms with Gasteiger partial charge in [0.05, 0.1) is 18.1 Å². The predicted molar refractivity (Wildman–Crippen MR) is 75.4 cm³/mol. The largest absolute Gasteiger partial charge is 0.428 e. The Labute approximate surface area is 127 Å². The molecule has 2 saturated heterocycles. The van der Waals surface area contributed by atoms with Crippen LogP contribution >= 0.6 is 0 Å². The van der Waals surface area contributed by atoms with E-state index in [0.29, 0.717) is 36.1 Å². The highest BCUT2D eigenvalue weighted by Gasteiger charge is 2.64. The highest BCUT2D eigenvalue weighted by Crippen LogP contribution is 2.60. The number of aryl methyl sites for hydroxylation is 1. The molecule has 1 amide bonds. The summed E-state index contributed by atoms with van der Waals surface area (Å²) in [6, 6.07) is 0.167. The number of nitrogens with one attached hydrogen (secondary N) is 1. The number of rotatable bonds is 2. The van der Waals surface area contributed by atoms with E-state index in [2.05, 4.69) is 10.3 Å². The Kier molecular flexibility index (Phi) is 2.57. The Balaban J connectivity index is 1.33. The topological polar surface area (TPSA) is 81.4 Å². The fourth-order valence-electron chi connectivity index (χ4n) is 4.39. The van der Waals surface area contributed by atoms with Crippen molar-refractivity contribution in [1.29, 1.82) is 0 Å². The summed E-state index contributed by atoms with van der Waals surface area (Å²) in [5.41, 5.74) is 0.402. The molecule has 4 aliphatic rings. The molecule has 1 saturated carbocycles. The molecule has 1 aromatic heterocycles. The van der Waals surface area contributed by atoms with Gasteiger partial charge in [0.25, 0.3) is 0 Å². The Morgan fingerprint density at radius 1 is 1.18 bits per heavy atom. The number of ether oxygens (including phenoxy) is 1. The molecule has 2 aliphatic carbocycles. The first-order valence-corrected chi connectivity index (χ1v) is 8.20. The van der Waals surface area contributed by atoms with Crippen LogP contribution in [0, 0.1) is 17.8 Å². The molecule has 6 nitrogen and oxygen atoms in total. The van der Waals surface area contributed by atoms with Crippen LogP contribution in [0.1, 0.15) is 48.4 Å².